The number of nitrogens with zero attached hydrogens (tertiary/aromatic N) is 4. The molecule has 4 rings (SSSR count). The minimum atomic E-state index is -4.51. The van der Waals surface area contributed by atoms with Gasteiger partial charge in [-0.05, 0) is 43.5 Å². The fourth-order valence-corrected chi connectivity index (χ4v) is 3.72. The predicted octanol–water partition coefficient (Wildman–Crippen LogP) is 4.03. The Hall–Kier alpha value is -3.54. The number of nitrogens with one attached hydrogen (secondary N) is 2. The van der Waals surface area contributed by atoms with Gasteiger partial charge in [-0.2, -0.15) is 18.2 Å². The maximum atomic E-state index is 12.4. The van der Waals surface area contributed by atoms with Crippen LogP contribution in [0.4, 0.5) is 24.9 Å². The van der Waals surface area contributed by atoms with Crippen LogP contribution in [0.3, 0.4) is 0 Å². The summed E-state index contributed by atoms with van der Waals surface area (Å²) in [6.45, 7) is -0.705. The van der Waals surface area contributed by atoms with Crippen LogP contribution in [-0.2, 0) is 11.8 Å². The molecular weight excluding hydrogens is 453 g/mol. The van der Waals surface area contributed by atoms with E-state index >= 15 is 0 Å². The maximum Gasteiger partial charge on any atom is 0.405 e. The first-order valence-electron chi connectivity index (χ1n) is 10.7. The van der Waals surface area contributed by atoms with E-state index in [0.29, 0.717) is 17.3 Å². The van der Waals surface area contributed by atoms with Crippen molar-refractivity contribution in [2.75, 3.05) is 25.6 Å². The van der Waals surface area contributed by atoms with Crippen molar-refractivity contribution in [1.82, 2.24) is 24.6 Å². The Labute approximate surface area is 193 Å². The molecule has 0 saturated carbocycles. The van der Waals surface area contributed by atoms with Gasteiger partial charge in [-0.15, -0.1) is 5.10 Å². The molecule has 1 aliphatic heterocycles. The molecule has 1 aromatic carbocycles. The van der Waals surface area contributed by atoms with Gasteiger partial charge in [0, 0.05) is 25.4 Å². The molecule has 3 heterocycles. The number of ether oxygens (including phenoxy) is 2. The van der Waals surface area contributed by atoms with Crippen molar-refractivity contribution < 1.29 is 27.4 Å². The van der Waals surface area contributed by atoms with Crippen LogP contribution in [0.2, 0.25) is 0 Å². The lowest BCUT2D eigenvalue weighted by Crippen LogP contribution is -2.33. The Morgan fingerprint density at radius 2 is 2.12 bits per heavy atom. The summed E-state index contributed by atoms with van der Waals surface area (Å²) in [6, 6.07) is 8.30. The molecule has 0 radical (unpaired) electrons. The highest BCUT2D eigenvalue weighted by atomic mass is 19.4. The summed E-state index contributed by atoms with van der Waals surface area (Å²) in [6.07, 6.45) is 0.480. The molecule has 1 unspecified atom stereocenters. The maximum absolute atomic E-state index is 12.4. The number of carbonyl (C=O) groups is 1. The number of anilines is 2. The molecule has 1 saturated heterocycles. The number of hydrogen-bond acceptors (Lipinski definition) is 6. The first-order chi connectivity index (χ1) is 16.2. The van der Waals surface area contributed by atoms with E-state index in [2.05, 4.69) is 15.4 Å². The van der Waals surface area contributed by atoms with Gasteiger partial charge in [0.2, 0.25) is 5.95 Å². The van der Waals surface area contributed by atoms with Crippen molar-refractivity contribution in [1.29, 1.82) is 0 Å². The van der Waals surface area contributed by atoms with Crippen molar-refractivity contribution >= 4 is 17.7 Å². The highest BCUT2D eigenvalue weighted by Crippen LogP contribution is 2.30. The van der Waals surface area contributed by atoms with Gasteiger partial charge >= 0.3 is 6.18 Å². The quantitative estimate of drug-likeness (QED) is 0.533. The zero-order valence-electron chi connectivity index (χ0n) is 18.7. The molecule has 1 atom stereocenters. The van der Waals surface area contributed by atoms with Gasteiger partial charge in [-0.3, -0.25) is 4.79 Å². The first kappa shape index (κ1) is 23.6. The Balaban J connectivity index is 1.53. The summed E-state index contributed by atoms with van der Waals surface area (Å²) in [7, 11) is 3.07. The highest BCUT2D eigenvalue weighted by Gasteiger charge is 2.28. The monoisotopic (exact) mass is 478 g/mol. The molecular formula is C22H25F3N6O3. The van der Waals surface area contributed by atoms with Crippen molar-refractivity contribution in [3.05, 3.63) is 42.1 Å². The molecule has 0 bridgehead atoms. The van der Waals surface area contributed by atoms with Crippen LogP contribution in [0.15, 0.2) is 36.5 Å². The fourth-order valence-electron chi connectivity index (χ4n) is 3.72. The van der Waals surface area contributed by atoms with Crippen molar-refractivity contribution in [2.45, 2.75) is 31.7 Å². The van der Waals surface area contributed by atoms with Gasteiger partial charge in [-0.1, -0.05) is 6.07 Å². The Kier molecular flexibility index (Phi) is 6.77. The van der Waals surface area contributed by atoms with Gasteiger partial charge < -0.3 is 24.7 Å². The zero-order chi connectivity index (χ0) is 24.3. The van der Waals surface area contributed by atoms with Crippen LogP contribution in [0, 0.1) is 0 Å². The van der Waals surface area contributed by atoms with E-state index in [4.69, 9.17) is 9.47 Å². The van der Waals surface area contributed by atoms with Crippen LogP contribution in [-0.4, -0.2) is 51.7 Å². The number of methoxy groups -OCH3 is 1. The van der Waals surface area contributed by atoms with E-state index in [1.165, 1.54) is 19.2 Å². The van der Waals surface area contributed by atoms with Gasteiger partial charge in [-0.25, -0.2) is 4.68 Å². The molecule has 1 fully saturated rings. The molecule has 0 spiro atoms. The molecule has 9 nitrogen and oxygen atoms in total. The lowest BCUT2D eigenvalue weighted by molar-refractivity contribution is -0.123. The highest BCUT2D eigenvalue weighted by molar-refractivity contribution is 5.97. The average Bonchev–Trinajstić information content (AvgIpc) is 3.44. The summed E-state index contributed by atoms with van der Waals surface area (Å²) in [5.74, 6) is 0.878. The largest absolute Gasteiger partial charge is 0.496 e. The molecule has 0 aliphatic carbocycles. The molecule has 1 amide bonds. The molecule has 182 valence electrons. The molecule has 12 heteroatoms. The van der Waals surface area contributed by atoms with Crippen LogP contribution >= 0.6 is 0 Å². The van der Waals surface area contributed by atoms with Crippen molar-refractivity contribution in [3.8, 4) is 17.1 Å². The number of amides is 1. The van der Waals surface area contributed by atoms with Gasteiger partial charge in [0.05, 0.1) is 12.7 Å². The second kappa shape index (κ2) is 9.75. The molecule has 1 aliphatic rings. The van der Waals surface area contributed by atoms with E-state index in [9.17, 15) is 18.0 Å². The molecule has 34 heavy (non-hydrogen) atoms. The minimum absolute atomic E-state index is 0.0184. The van der Waals surface area contributed by atoms with Crippen LogP contribution in [0.5, 0.6) is 5.75 Å². The van der Waals surface area contributed by atoms with E-state index < -0.39 is 18.6 Å². The number of hydrogen-bond donors (Lipinski definition) is 2. The van der Waals surface area contributed by atoms with Crippen molar-refractivity contribution in [2.24, 2.45) is 7.05 Å². The van der Waals surface area contributed by atoms with Crippen LogP contribution < -0.4 is 15.4 Å². The van der Waals surface area contributed by atoms with Gasteiger partial charge in [0.25, 0.3) is 5.91 Å². The lowest BCUT2D eigenvalue weighted by atomic mass is 10.1. The SMILES string of the molecule is COc1cc(-c2nc(Nc3cccn3C3CCCCO3)n(C)n2)ccc1C(=O)NCC(F)(F)F. The summed E-state index contributed by atoms with van der Waals surface area (Å²) < 4.78 is 52.0. The van der Waals surface area contributed by atoms with Crippen LogP contribution in [0.25, 0.3) is 11.4 Å². The number of carbonyl (C=O) groups excluding carboxylic acids is 1. The van der Waals surface area contributed by atoms with Gasteiger partial charge in [0.1, 0.15) is 24.3 Å². The zero-order valence-corrected chi connectivity index (χ0v) is 18.7. The van der Waals surface area contributed by atoms with E-state index in [1.807, 2.05) is 28.2 Å². The summed E-state index contributed by atoms with van der Waals surface area (Å²) >= 11 is 0. The van der Waals surface area contributed by atoms with E-state index in [-0.39, 0.29) is 17.5 Å². The number of rotatable bonds is 7. The molecule has 2 N–H and O–H groups in total. The fraction of sp³-hybridized carbons (Fsp3) is 0.409. The van der Waals surface area contributed by atoms with Crippen molar-refractivity contribution in [3.63, 3.8) is 0 Å². The summed E-state index contributed by atoms with van der Waals surface area (Å²) in [5.41, 5.74) is 0.522. The second-order valence-electron chi connectivity index (χ2n) is 7.84. The lowest BCUT2D eigenvalue weighted by Gasteiger charge is -2.25. The number of benzene rings is 1. The standard InChI is InChI=1S/C22H25F3N6O3/c1-30-21(27-17-6-5-10-31(17)18-7-3-4-11-34-18)28-19(29-30)14-8-9-15(16(12-14)33-2)20(32)26-13-22(23,24)25/h5-6,8-10,12,18H,3-4,7,11,13H2,1-2H3,(H,26,32)(H,27,28,29). The third-order valence-electron chi connectivity index (χ3n) is 5.40. The smallest absolute Gasteiger partial charge is 0.405 e. The first-order valence-corrected chi connectivity index (χ1v) is 10.7. The second-order valence-corrected chi connectivity index (χ2v) is 7.84. The van der Waals surface area contributed by atoms with E-state index in [1.54, 1.807) is 17.8 Å². The third kappa shape index (κ3) is 5.33. The molecule has 2 aromatic heterocycles. The topological polar surface area (TPSA) is 95.2 Å². The summed E-state index contributed by atoms with van der Waals surface area (Å²) in [4.78, 5) is 16.7. The number of halogens is 3. The normalized spacial score (nSPS) is 16.3. The van der Waals surface area contributed by atoms with E-state index in [0.717, 1.165) is 31.7 Å². The Bertz CT molecular complexity index is 1150. The predicted molar refractivity (Wildman–Crippen MR) is 118 cm³/mol. The number of alkyl halides is 3. The van der Waals surface area contributed by atoms with Gasteiger partial charge in [0.15, 0.2) is 5.82 Å². The number of aryl methyl sites for hydroxylation is 1. The van der Waals surface area contributed by atoms with Crippen LogP contribution in [0.1, 0.15) is 35.8 Å². The third-order valence-corrected chi connectivity index (χ3v) is 5.40. The number of aromatic nitrogens is 4. The average molecular weight is 478 g/mol. The Morgan fingerprint density at radius 3 is 2.82 bits per heavy atom. The summed E-state index contributed by atoms with van der Waals surface area (Å²) in [5, 5.41) is 9.53. The Morgan fingerprint density at radius 1 is 1.29 bits per heavy atom. The molecule has 3 aromatic rings. The minimum Gasteiger partial charge on any atom is -0.496 e.